The van der Waals surface area contributed by atoms with Crippen LogP contribution in [0.25, 0.3) is 0 Å². The lowest BCUT2D eigenvalue weighted by molar-refractivity contribution is -0.0793. The maximum atomic E-state index is 5.40. The van der Waals surface area contributed by atoms with Gasteiger partial charge in [-0.2, -0.15) is 0 Å². The summed E-state index contributed by atoms with van der Waals surface area (Å²) in [5.74, 6) is 0.687. The van der Waals surface area contributed by atoms with Gasteiger partial charge in [0.2, 0.25) is 5.88 Å². The lowest BCUT2D eigenvalue weighted by Gasteiger charge is -2.47. The number of methoxy groups -OCH3 is 1. The maximum absolute atomic E-state index is 5.40. The van der Waals surface area contributed by atoms with Crippen LogP contribution in [0.1, 0.15) is 6.92 Å². The lowest BCUT2D eigenvalue weighted by Crippen LogP contribution is -2.60. The molecule has 0 amide bonds. The number of nitrogens with zero attached hydrogens (tertiary/aromatic N) is 3. The Balaban J connectivity index is 1.73. The van der Waals surface area contributed by atoms with E-state index in [0.717, 1.165) is 43.1 Å². The fraction of sp³-hybridized carbons (Fsp3) is 0.643. The van der Waals surface area contributed by atoms with Crippen LogP contribution in [0.4, 0.5) is 5.69 Å². The first-order chi connectivity index (χ1) is 9.69. The summed E-state index contributed by atoms with van der Waals surface area (Å²) in [6.45, 7) is 7.11. The second-order valence-corrected chi connectivity index (χ2v) is 6.20. The summed E-state index contributed by atoms with van der Waals surface area (Å²) >= 11 is 3.39. The quantitative estimate of drug-likeness (QED) is 0.783. The molecule has 0 saturated carbocycles. The topological polar surface area (TPSA) is 37.8 Å². The molecular weight excluding hydrogens is 322 g/mol. The van der Waals surface area contributed by atoms with E-state index in [0.29, 0.717) is 18.0 Å². The second kappa shape index (κ2) is 5.87. The van der Waals surface area contributed by atoms with Gasteiger partial charge in [-0.1, -0.05) is 0 Å². The number of hydrogen-bond donors (Lipinski definition) is 0. The normalized spacial score (nSPS) is 24.6. The molecule has 1 atom stereocenters. The zero-order valence-electron chi connectivity index (χ0n) is 11.9. The van der Waals surface area contributed by atoms with Gasteiger partial charge in [0.1, 0.15) is 10.3 Å². The zero-order valence-corrected chi connectivity index (χ0v) is 13.5. The predicted octanol–water partition coefficient (Wildman–Crippen LogP) is 1.76. The molecule has 3 heterocycles. The fourth-order valence-electron chi connectivity index (χ4n) is 2.95. The number of piperazine rings is 1. The van der Waals surface area contributed by atoms with Crippen molar-refractivity contribution in [3.8, 4) is 5.88 Å². The highest BCUT2D eigenvalue weighted by molar-refractivity contribution is 9.10. The van der Waals surface area contributed by atoms with Crippen LogP contribution in [0.5, 0.6) is 5.88 Å². The monoisotopic (exact) mass is 341 g/mol. The Bertz CT molecular complexity index is 481. The van der Waals surface area contributed by atoms with Crippen LogP contribution in [-0.2, 0) is 4.74 Å². The molecule has 1 aromatic heterocycles. The van der Waals surface area contributed by atoms with E-state index >= 15 is 0 Å². The molecule has 0 bridgehead atoms. The van der Waals surface area contributed by atoms with Crippen molar-refractivity contribution in [3.63, 3.8) is 0 Å². The third-order valence-corrected chi connectivity index (χ3v) is 4.55. The number of hydrogen-bond acceptors (Lipinski definition) is 5. The van der Waals surface area contributed by atoms with Crippen molar-refractivity contribution in [2.24, 2.45) is 0 Å². The number of aromatic nitrogens is 1. The van der Waals surface area contributed by atoms with Crippen LogP contribution >= 0.6 is 15.9 Å². The molecule has 0 unspecified atom stereocenters. The van der Waals surface area contributed by atoms with Crippen LogP contribution < -0.4 is 9.64 Å². The standard InChI is InChI=1S/C14H20BrN3O2/c1-10-7-17(5-6-18(10)11-8-20-9-11)12-3-4-13(15)16-14(12)19-2/h3-4,10-11H,5-9H2,1-2H3/t10-/m0/s1. The highest BCUT2D eigenvalue weighted by Gasteiger charge is 2.34. The average molecular weight is 342 g/mol. The highest BCUT2D eigenvalue weighted by Crippen LogP contribution is 2.30. The summed E-state index contributed by atoms with van der Waals surface area (Å²) in [6, 6.07) is 5.17. The molecule has 20 heavy (non-hydrogen) atoms. The third-order valence-electron chi connectivity index (χ3n) is 4.11. The Kier molecular flexibility index (Phi) is 4.14. The first kappa shape index (κ1) is 14.1. The molecule has 3 rings (SSSR count). The second-order valence-electron chi connectivity index (χ2n) is 5.39. The molecule has 110 valence electrons. The van der Waals surface area contributed by atoms with Gasteiger partial charge < -0.3 is 14.4 Å². The summed E-state index contributed by atoms with van der Waals surface area (Å²) < 4.78 is 11.5. The van der Waals surface area contributed by atoms with E-state index in [1.54, 1.807) is 7.11 Å². The molecule has 0 radical (unpaired) electrons. The van der Waals surface area contributed by atoms with Crippen LogP contribution in [0.2, 0.25) is 0 Å². The van der Waals surface area contributed by atoms with Gasteiger partial charge in [-0.05, 0) is 35.0 Å². The lowest BCUT2D eigenvalue weighted by atomic mass is 10.1. The summed E-state index contributed by atoms with van der Waals surface area (Å²) in [4.78, 5) is 9.31. The molecule has 2 saturated heterocycles. The van der Waals surface area contributed by atoms with Crippen molar-refractivity contribution >= 4 is 21.6 Å². The van der Waals surface area contributed by atoms with Crippen LogP contribution in [0.3, 0.4) is 0 Å². The van der Waals surface area contributed by atoms with Gasteiger partial charge in [0, 0.05) is 25.7 Å². The summed E-state index contributed by atoms with van der Waals surface area (Å²) in [5.41, 5.74) is 1.08. The largest absolute Gasteiger partial charge is 0.479 e. The van der Waals surface area contributed by atoms with Crippen molar-refractivity contribution in [1.29, 1.82) is 0 Å². The van der Waals surface area contributed by atoms with Gasteiger partial charge in [0.05, 0.1) is 26.4 Å². The van der Waals surface area contributed by atoms with E-state index in [1.165, 1.54) is 0 Å². The van der Waals surface area contributed by atoms with E-state index in [2.05, 4.69) is 43.7 Å². The van der Waals surface area contributed by atoms with Crippen molar-refractivity contribution < 1.29 is 9.47 Å². The van der Waals surface area contributed by atoms with Gasteiger partial charge in [-0.25, -0.2) is 4.98 Å². The molecule has 2 fully saturated rings. The van der Waals surface area contributed by atoms with Crippen molar-refractivity contribution in [2.45, 2.75) is 19.0 Å². The van der Waals surface area contributed by atoms with Gasteiger partial charge in [0.15, 0.2) is 0 Å². The SMILES string of the molecule is COc1nc(Br)ccc1N1CCN(C2COC2)[C@@H](C)C1. The first-order valence-electron chi connectivity index (χ1n) is 6.98. The van der Waals surface area contributed by atoms with Crippen molar-refractivity contribution in [3.05, 3.63) is 16.7 Å². The predicted molar refractivity (Wildman–Crippen MR) is 81.5 cm³/mol. The Labute approximate surface area is 128 Å². The van der Waals surface area contributed by atoms with Crippen LogP contribution in [0.15, 0.2) is 16.7 Å². The van der Waals surface area contributed by atoms with Crippen LogP contribution in [-0.4, -0.2) is 61.9 Å². The maximum Gasteiger partial charge on any atom is 0.238 e. The summed E-state index contributed by atoms with van der Waals surface area (Å²) in [6.07, 6.45) is 0. The molecule has 2 aliphatic rings. The van der Waals surface area contributed by atoms with Gasteiger partial charge in [-0.3, -0.25) is 4.90 Å². The Hall–Kier alpha value is -0.850. The fourth-order valence-corrected chi connectivity index (χ4v) is 3.24. The van der Waals surface area contributed by atoms with Gasteiger partial charge in [-0.15, -0.1) is 0 Å². The first-order valence-corrected chi connectivity index (χ1v) is 7.77. The van der Waals surface area contributed by atoms with Crippen molar-refractivity contribution in [1.82, 2.24) is 9.88 Å². The minimum Gasteiger partial charge on any atom is -0.479 e. The smallest absolute Gasteiger partial charge is 0.238 e. The van der Waals surface area contributed by atoms with E-state index in [4.69, 9.17) is 9.47 Å². The molecule has 0 N–H and O–H groups in total. The molecular formula is C14H20BrN3O2. The summed E-state index contributed by atoms with van der Waals surface area (Å²) in [7, 11) is 1.67. The Morgan fingerprint density at radius 3 is 2.75 bits per heavy atom. The number of pyridine rings is 1. The molecule has 5 nitrogen and oxygen atoms in total. The average Bonchev–Trinajstić information content (AvgIpc) is 2.39. The van der Waals surface area contributed by atoms with Gasteiger partial charge in [0.25, 0.3) is 0 Å². The molecule has 1 aromatic rings. The van der Waals surface area contributed by atoms with Crippen molar-refractivity contribution in [2.75, 3.05) is 44.9 Å². The summed E-state index contributed by atoms with van der Waals surface area (Å²) in [5, 5.41) is 0. The van der Waals surface area contributed by atoms with E-state index in [-0.39, 0.29) is 0 Å². The Morgan fingerprint density at radius 2 is 2.15 bits per heavy atom. The molecule has 0 aliphatic carbocycles. The molecule has 0 aromatic carbocycles. The molecule has 2 aliphatic heterocycles. The minimum atomic E-state index is 0.519. The highest BCUT2D eigenvalue weighted by atomic mass is 79.9. The van der Waals surface area contributed by atoms with Gasteiger partial charge >= 0.3 is 0 Å². The number of halogens is 1. The molecule has 6 heteroatoms. The zero-order chi connectivity index (χ0) is 14.1. The number of rotatable bonds is 3. The number of anilines is 1. The van der Waals surface area contributed by atoms with E-state index in [1.807, 2.05) is 6.07 Å². The third kappa shape index (κ3) is 2.64. The van der Waals surface area contributed by atoms with Crippen LogP contribution in [0, 0.1) is 0 Å². The molecule has 0 spiro atoms. The van der Waals surface area contributed by atoms with E-state index in [9.17, 15) is 0 Å². The minimum absolute atomic E-state index is 0.519. The number of ether oxygens (including phenoxy) is 2. The Morgan fingerprint density at radius 1 is 1.35 bits per heavy atom. The van der Waals surface area contributed by atoms with E-state index < -0.39 is 0 Å².